The van der Waals surface area contributed by atoms with Gasteiger partial charge in [0.2, 0.25) is 11.7 Å². The van der Waals surface area contributed by atoms with Gasteiger partial charge >= 0.3 is 12.6 Å². The van der Waals surface area contributed by atoms with Crippen molar-refractivity contribution in [2.75, 3.05) is 0 Å². The highest BCUT2D eigenvalue weighted by molar-refractivity contribution is 6.02. The maximum atomic E-state index is 12.7. The Hall–Kier alpha value is -3.93. The number of halogens is 2. The fourth-order valence-corrected chi connectivity index (χ4v) is 2.84. The number of rotatable bonds is 7. The molecule has 30 heavy (non-hydrogen) atoms. The van der Waals surface area contributed by atoms with Gasteiger partial charge in [-0.25, -0.2) is 4.79 Å². The largest absolute Gasteiger partial charge is 0.451 e. The molecule has 154 valence electrons. The van der Waals surface area contributed by atoms with Gasteiger partial charge in [0.25, 0.3) is 0 Å². The normalized spacial score (nSPS) is 11.7. The van der Waals surface area contributed by atoms with Crippen LogP contribution in [0.5, 0.6) is 5.75 Å². The van der Waals surface area contributed by atoms with Crippen molar-refractivity contribution >= 4 is 11.8 Å². The number of hydrogen-bond donors (Lipinski definition) is 0. The molecule has 2 aromatic heterocycles. The molecule has 0 amide bonds. The molecule has 0 fully saturated rings. The Labute approximate surface area is 170 Å². The van der Waals surface area contributed by atoms with Gasteiger partial charge in [0, 0.05) is 18.0 Å². The smallest absolute Gasteiger partial charge is 0.387 e. The van der Waals surface area contributed by atoms with Crippen molar-refractivity contribution in [3.05, 3.63) is 71.2 Å². The van der Waals surface area contributed by atoms with Crippen LogP contribution in [0.25, 0.3) is 5.88 Å². The second kappa shape index (κ2) is 8.61. The highest BCUT2D eigenvalue weighted by Gasteiger charge is 2.28. The quantitative estimate of drug-likeness (QED) is 0.423. The molecule has 7 nitrogen and oxygen atoms in total. The van der Waals surface area contributed by atoms with Crippen LogP contribution in [-0.2, 0) is 4.74 Å². The Morgan fingerprint density at radius 3 is 2.37 bits per heavy atom. The van der Waals surface area contributed by atoms with Crippen molar-refractivity contribution in [2.45, 2.75) is 26.6 Å². The van der Waals surface area contributed by atoms with E-state index in [4.69, 9.17) is 9.15 Å². The van der Waals surface area contributed by atoms with Gasteiger partial charge < -0.3 is 13.9 Å². The number of nitrogens with zero attached hydrogens (tertiary/aromatic N) is 2. The molecular weight excluding hydrogens is 398 g/mol. The third-order valence-electron chi connectivity index (χ3n) is 4.24. The van der Waals surface area contributed by atoms with Crippen LogP contribution in [0.4, 0.5) is 8.78 Å². The number of ether oxygens (including phenoxy) is 2. The molecule has 0 saturated carbocycles. The molecule has 0 radical (unpaired) electrons. The maximum Gasteiger partial charge on any atom is 0.387 e. The Balaban J connectivity index is 1.77. The third kappa shape index (κ3) is 4.22. The molecule has 0 aliphatic carbocycles. The van der Waals surface area contributed by atoms with E-state index in [1.165, 1.54) is 38.1 Å². The number of nitriles is 1. The van der Waals surface area contributed by atoms with E-state index in [-0.39, 0.29) is 34.1 Å². The van der Waals surface area contributed by atoms with Gasteiger partial charge in [0.1, 0.15) is 28.7 Å². The van der Waals surface area contributed by atoms with Crippen LogP contribution in [0.1, 0.15) is 39.0 Å². The molecular formula is C21H16F2N2O5. The van der Waals surface area contributed by atoms with E-state index in [0.29, 0.717) is 0 Å². The number of benzene rings is 1. The van der Waals surface area contributed by atoms with Crippen LogP contribution in [0.15, 0.2) is 53.2 Å². The summed E-state index contributed by atoms with van der Waals surface area (Å²) in [5, 5.41) is 9.51. The van der Waals surface area contributed by atoms with Crippen molar-refractivity contribution in [1.29, 1.82) is 5.26 Å². The zero-order chi connectivity index (χ0) is 21.8. The first-order valence-electron chi connectivity index (χ1n) is 8.78. The topological polar surface area (TPSA) is 94.5 Å². The molecule has 2 heterocycles. The number of hydrogen-bond acceptors (Lipinski definition) is 6. The summed E-state index contributed by atoms with van der Waals surface area (Å²) in [6.07, 6.45) is 2.12. The number of ketones is 1. The lowest BCUT2D eigenvalue weighted by Crippen LogP contribution is -2.25. The monoisotopic (exact) mass is 414 g/mol. The summed E-state index contributed by atoms with van der Waals surface area (Å²) in [5.74, 6) is -1.19. The maximum absolute atomic E-state index is 12.7. The highest BCUT2D eigenvalue weighted by atomic mass is 19.3. The SMILES string of the molecule is Cc1oc(-n2cccc2)c(C#N)c1C(=O)O[C@@H](C)C(=O)c1ccc(OC(F)F)cc1. The van der Waals surface area contributed by atoms with Crippen LogP contribution in [0.3, 0.4) is 0 Å². The first-order valence-corrected chi connectivity index (χ1v) is 8.78. The number of carbonyl (C=O) groups excluding carboxylic acids is 2. The Kier molecular flexibility index (Phi) is 5.97. The molecule has 1 aromatic carbocycles. The summed E-state index contributed by atoms with van der Waals surface area (Å²) in [7, 11) is 0. The third-order valence-corrected chi connectivity index (χ3v) is 4.24. The molecule has 0 N–H and O–H groups in total. The van der Waals surface area contributed by atoms with E-state index < -0.39 is 24.5 Å². The average molecular weight is 414 g/mol. The molecule has 1 atom stereocenters. The molecule has 0 aliphatic heterocycles. The molecule has 0 spiro atoms. The van der Waals surface area contributed by atoms with Crippen molar-refractivity contribution < 1.29 is 32.3 Å². The van der Waals surface area contributed by atoms with Crippen LogP contribution >= 0.6 is 0 Å². The van der Waals surface area contributed by atoms with Crippen LogP contribution in [0.2, 0.25) is 0 Å². The molecule has 0 bridgehead atoms. The van der Waals surface area contributed by atoms with Gasteiger partial charge in [0.05, 0.1) is 0 Å². The summed E-state index contributed by atoms with van der Waals surface area (Å²) in [5.41, 5.74) is 0.0674. The van der Waals surface area contributed by atoms with Gasteiger partial charge in [0.15, 0.2) is 6.10 Å². The van der Waals surface area contributed by atoms with E-state index in [0.717, 1.165) is 0 Å². The Bertz CT molecular complexity index is 1100. The summed E-state index contributed by atoms with van der Waals surface area (Å²) in [4.78, 5) is 25.2. The van der Waals surface area contributed by atoms with E-state index in [1.807, 2.05) is 6.07 Å². The minimum absolute atomic E-state index is 0.0122. The second-order valence-corrected chi connectivity index (χ2v) is 6.23. The number of alkyl halides is 2. The van der Waals surface area contributed by atoms with Gasteiger partial charge in [-0.3, -0.25) is 9.36 Å². The summed E-state index contributed by atoms with van der Waals surface area (Å²) >= 11 is 0. The molecule has 0 saturated heterocycles. The minimum Gasteiger partial charge on any atom is -0.451 e. The van der Waals surface area contributed by atoms with Crippen LogP contribution < -0.4 is 4.74 Å². The summed E-state index contributed by atoms with van der Waals surface area (Å²) < 4.78 is 41.0. The van der Waals surface area contributed by atoms with Crippen molar-refractivity contribution in [1.82, 2.24) is 4.57 Å². The van der Waals surface area contributed by atoms with Crippen molar-refractivity contribution in [3.63, 3.8) is 0 Å². The fraction of sp³-hybridized carbons (Fsp3) is 0.190. The summed E-state index contributed by atoms with van der Waals surface area (Å²) in [6.45, 7) is -0.0908. The lowest BCUT2D eigenvalue weighted by atomic mass is 10.1. The molecule has 3 rings (SSSR count). The first kappa shape index (κ1) is 20.8. The lowest BCUT2D eigenvalue weighted by Gasteiger charge is -2.12. The van der Waals surface area contributed by atoms with Crippen molar-refractivity contribution in [3.8, 4) is 17.7 Å². The van der Waals surface area contributed by atoms with Gasteiger partial charge in [-0.15, -0.1) is 0 Å². The second-order valence-electron chi connectivity index (χ2n) is 6.23. The van der Waals surface area contributed by atoms with E-state index in [2.05, 4.69) is 4.74 Å². The number of aromatic nitrogens is 1. The molecule has 9 heteroatoms. The van der Waals surface area contributed by atoms with Gasteiger partial charge in [-0.2, -0.15) is 14.0 Å². The van der Waals surface area contributed by atoms with E-state index in [9.17, 15) is 23.6 Å². The first-order chi connectivity index (χ1) is 14.3. The average Bonchev–Trinajstić information content (AvgIpc) is 3.34. The number of furan rings is 1. The minimum atomic E-state index is -2.98. The lowest BCUT2D eigenvalue weighted by molar-refractivity contribution is -0.0498. The van der Waals surface area contributed by atoms with Gasteiger partial charge in [-0.1, -0.05) is 0 Å². The predicted octanol–water partition coefficient (Wildman–Crippen LogP) is 4.28. The Morgan fingerprint density at radius 1 is 1.17 bits per heavy atom. The van der Waals surface area contributed by atoms with Crippen LogP contribution in [0, 0.1) is 18.3 Å². The fourth-order valence-electron chi connectivity index (χ4n) is 2.84. The van der Waals surface area contributed by atoms with Crippen LogP contribution in [-0.4, -0.2) is 29.0 Å². The number of Topliss-reactive ketones (excluding diaryl/α,β-unsaturated/α-hetero) is 1. The molecule has 0 aliphatic rings. The number of aryl methyl sites for hydroxylation is 1. The molecule has 0 unspecified atom stereocenters. The number of carbonyl (C=O) groups is 2. The zero-order valence-electron chi connectivity index (χ0n) is 16.0. The Morgan fingerprint density at radius 2 is 1.80 bits per heavy atom. The highest BCUT2D eigenvalue weighted by Crippen LogP contribution is 2.27. The standard InChI is InChI=1S/C21H16F2N2O5/c1-12-17(16(11-24)19(28-12)25-9-3-4-10-25)20(27)29-13(2)18(26)14-5-7-15(8-6-14)30-21(22)23/h3-10,13,21H,1-2H3/t13-/m0/s1. The van der Waals surface area contributed by atoms with Gasteiger partial charge in [-0.05, 0) is 50.2 Å². The van der Waals surface area contributed by atoms with E-state index in [1.54, 1.807) is 29.1 Å². The molecule has 3 aromatic rings. The zero-order valence-corrected chi connectivity index (χ0v) is 16.0. The predicted molar refractivity (Wildman–Crippen MR) is 99.8 cm³/mol. The summed E-state index contributed by atoms with van der Waals surface area (Å²) in [6, 6.07) is 10.4. The number of esters is 1. The van der Waals surface area contributed by atoms with E-state index >= 15 is 0 Å². The van der Waals surface area contributed by atoms with Crippen molar-refractivity contribution in [2.24, 2.45) is 0 Å².